The molecule has 0 aliphatic heterocycles. The smallest absolute Gasteiger partial charge is 0.326 e. The van der Waals surface area contributed by atoms with Crippen LogP contribution in [-0.4, -0.2) is 171 Å². The third-order valence-electron chi connectivity index (χ3n) is 6.52. The quantitative estimate of drug-likeness (QED) is 0.0344. The standard InChI is InChI=1S/C28H48N12O14/c29-4-2-1-3-15(28(53)54)40-27(52)17(14-42)39-25(50)12-36-22(47)9-33-20(45)7-34-23(48)10-37-26(51)16(13-41)38-24(49)11-35-21(46)8-32-19(44)6-31-18(43)5-30/h15-17,41-42H,1-14,29-30H2,(H,31,43)(H,32,44)(H,33,45)(H,34,48)(H,35,46)(H,36,47)(H,37,51)(H,38,49)(H,39,50)(H,40,52)(H,53,54)/t15-,16-,17-/m0/s1. The number of amides is 10. The molecule has 0 aromatic heterocycles. The monoisotopic (exact) mass is 776 g/mol. The van der Waals surface area contributed by atoms with Gasteiger partial charge in [-0.1, -0.05) is 0 Å². The first kappa shape index (κ1) is 48.0. The number of aliphatic hydroxyl groups excluding tert-OH is 2. The van der Waals surface area contributed by atoms with E-state index in [0.29, 0.717) is 19.4 Å². The second-order valence-corrected chi connectivity index (χ2v) is 10.9. The molecule has 26 nitrogen and oxygen atoms in total. The molecule has 304 valence electrons. The lowest BCUT2D eigenvalue weighted by Gasteiger charge is -2.20. The number of nitrogens with one attached hydrogen (secondary N) is 10. The summed E-state index contributed by atoms with van der Waals surface area (Å²) < 4.78 is 0. The molecule has 0 heterocycles. The Morgan fingerprint density at radius 2 is 0.778 bits per heavy atom. The molecule has 54 heavy (non-hydrogen) atoms. The molecule has 10 amide bonds. The molecule has 26 heteroatoms. The molecule has 0 fully saturated rings. The Labute approximate surface area is 307 Å². The number of nitrogens with two attached hydrogens (primary N) is 2. The summed E-state index contributed by atoms with van der Waals surface area (Å²) >= 11 is 0. The Morgan fingerprint density at radius 1 is 0.426 bits per heavy atom. The second kappa shape index (κ2) is 27.6. The van der Waals surface area contributed by atoms with Crippen LogP contribution in [0.2, 0.25) is 0 Å². The van der Waals surface area contributed by atoms with Crippen molar-refractivity contribution in [3.8, 4) is 0 Å². The average molecular weight is 777 g/mol. The number of hydrogen-bond acceptors (Lipinski definition) is 15. The number of aliphatic hydroxyl groups is 2. The van der Waals surface area contributed by atoms with Crippen LogP contribution < -0.4 is 64.6 Å². The highest BCUT2D eigenvalue weighted by molar-refractivity contribution is 5.95. The van der Waals surface area contributed by atoms with E-state index in [1.807, 2.05) is 0 Å². The van der Waals surface area contributed by atoms with Crippen LogP contribution >= 0.6 is 0 Å². The summed E-state index contributed by atoms with van der Waals surface area (Å²) in [5, 5.41) is 49.6. The van der Waals surface area contributed by atoms with Gasteiger partial charge in [-0.25, -0.2) is 4.79 Å². The molecule has 0 aromatic carbocycles. The van der Waals surface area contributed by atoms with E-state index in [1.54, 1.807) is 0 Å². The molecule has 0 spiro atoms. The third kappa shape index (κ3) is 22.7. The SMILES string of the molecule is NCCCC[C@H](NC(=O)[C@H](CO)NC(=O)CNC(=O)CNC(=O)CNC(=O)CNC(=O)[C@H](CO)NC(=O)CNC(=O)CNC(=O)CNC(=O)CN)C(=O)O. The summed E-state index contributed by atoms with van der Waals surface area (Å²) in [6, 6.07) is -4.34. The van der Waals surface area contributed by atoms with Crippen LogP contribution in [0.5, 0.6) is 0 Å². The first-order valence-electron chi connectivity index (χ1n) is 16.2. The minimum Gasteiger partial charge on any atom is -0.480 e. The molecule has 0 rings (SSSR count). The molecule has 17 N–H and O–H groups in total. The van der Waals surface area contributed by atoms with Gasteiger partial charge in [-0.2, -0.15) is 0 Å². The van der Waals surface area contributed by atoms with Gasteiger partial charge in [0.25, 0.3) is 0 Å². The van der Waals surface area contributed by atoms with E-state index in [9.17, 15) is 68.1 Å². The van der Waals surface area contributed by atoms with Gasteiger partial charge in [0.2, 0.25) is 59.1 Å². The van der Waals surface area contributed by atoms with Gasteiger partial charge in [-0.05, 0) is 25.8 Å². The zero-order chi connectivity index (χ0) is 41.1. The third-order valence-corrected chi connectivity index (χ3v) is 6.52. The van der Waals surface area contributed by atoms with Crippen molar-refractivity contribution in [3.63, 3.8) is 0 Å². The number of rotatable bonds is 27. The molecule has 3 atom stereocenters. The van der Waals surface area contributed by atoms with Crippen molar-refractivity contribution in [2.75, 3.05) is 72.1 Å². The zero-order valence-corrected chi connectivity index (χ0v) is 29.1. The normalized spacial score (nSPS) is 11.9. The lowest BCUT2D eigenvalue weighted by atomic mass is 10.1. The van der Waals surface area contributed by atoms with Crippen LogP contribution in [-0.2, 0) is 52.7 Å². The van der Waals surface area contributed by atoms with Crippen LogP contribution in [0.4, 0.5) is 0 Å². The topological polar surface area (TPSA) is 421 Å². The average Bonchev–Trinajstić information content (AvgIpc) is 3.15. The first-order valence-corrected chi connectivity index (χ1v) is 16.2. The molecule has 0 radical (unpaired) electrons. The molecule has 0 saturated carbocycles. The number of carboxylic acid groups (broad SMARTS) is 1. The fourth-order valence-corrected chi connectivity index (χ4v) is 3.65. The summed E-state index contributed by atoms with van der Waals surface area (Å²) in [5.74, 6) is -9.81. The van der Waals surface area contributed by atoms with E-state index in [4.69, 9.17) is 11.5 Å². The number of aliphatic carboxylic acids is 1. The molecule has 0 saturated heterocycles. The number of carboxylic acids is 1. The number of hydrogen-bond donors (Lipinski definition) is 15. The van der Waals surface area contributed by atoms with Gasteiger partial charge in [0, 0.05) is 0 Å². The Kier molecular flexibility index (Phi) is 24.6. The molecule has 0 aromatic rings. The lowest BCUT2D eigenvalue weighted by Crippen LogP contribution is -2.54. The van der Waals surface area contributed by atoms with Crippen molar-refractivity contribution in [2.45, 2.75) is 37.4 Å². The predicted molar refractivity (Wildman–Crippen MR) is 181 cm³/mol. The Morgan fingerprint density at radius 3 is 1.13 bits per heavy atom. The fourth-order valence-electron chi connectivity index (χ4n) is 3.65. The van der Waals surface area contributed by atoms with E-state index in [-0.39, 0.29) is 13.0 Å². The highest BCUT2D eigenvalue weighted by Crippen LogP contribution is 2.01. The Bertz CT molecular complexity index is 1350. The van der Waals surface area contributed by atoms with Crippen LogP contribution in [0, 0.1) is 0 Å². The van der Waals surface area contributed by atoms with Gasteiger partial charge in [0.15, 0.2) is 0 Å². The zero-order valence-electron chi connectivity index (χ0n) is 29.1. The fraction of sp³-hybridized carbons (Fsp3) is 0.607. The number of unbranched alkanes of at least 4 members (excludes halogenated alkanes) is 1. The van der Waals surface area contributed by atoms with Crippen LogP contribution in [0.15, 0.2) is 0 Å². The van der Waals surface area contributed by atoms with Crippen molar-refractivity contribution in [3.05, 3.63) is 0 Å². The summed E-state index contributed by atoms with van der Waals surface area (Å²) in [6.45, 7) is -6.09. The van der Waals surface area contributed by atoms with Gasteiger partial charge in [-0.15, -0.1) is 0 Å². The second-order valence-electron chi connectivity index (χ2n) is 10.9. The minimum atomic E-state index is -1.54. The number of carbonyl (C=O) groups is 11. The van der Waals surface area contributed by atoms with Crippen LogP contribution in [0.1, 0.15) is 19.3 Å². The summed E-state index contributed by atoms with van der Waals surface area (Å²) in [4.78, 5) is 131. The van der Waals surface area contributed by atoms with Crippen LogP contribution in [0.3, 0.4) is 0 Å². The molecular formula is C28H48N12O14. The number of carbonyl (C=O) groups excluding carboxylic acids is 10. The van der Waals surface area contributed by atoms with Gasteiger partial charge in [0.1, 0.15) is 18.1 Å². The summed E-state index contributed by atoms with van der Waals surface area (Å²) in [7, 11) is 0. The minimum absolute atomic E-state index is 0.0683. The predicted octanol–water partition coefficient (Wildman–Crippen LogP) is -10.6. The van der Waals surface area contributed by atoms with Crippen LogP contribution in [0.25, 0.3) is 0 Å². The largest absolute Gasteiger partial charge is 0.480 e. The van der Waals surface area contributed by atoms with E-state index in [2.05, 4.69) is 53.2 Å². The highest BCUT2D eigenvalue weighted by atomic mass is 16.4. The van der Waals surface area contributed by atoms with Crippen molar-refractivity contribution < 1.29 is 68.1 Å². The Hall–Kier alpha value is -5.99. The molecular weight excluding hydrogens is 728 g/mol. The van der Waals surface area contributed by atoms with Gasteiger partial charge < -0.3 is 80.0 Å². The molecule has 0 unspecified atom stereocenters. The maximum atomic E-state index is 12.3. The maximum absolute atomic E-state index is 12.3. The maximum Gasteiger partial charge on any atom is 0.326 e. The van der Waals surface area contributed by atoms with E-state index < -0.39 is 142 Å². The molecule has 0 aliphatic rings. The van der Waals surface area contributed by atoms with E-state index in [1.165, 1.54) is 0 Å². The molecule has 0 bridgehead atoms. The van der Waals surface area contributed by atoms with Gasteiger partial charge in [-0.3, -0.25) is 47.9 Å². The molecule has 0 aliphatic carbocycles. The van der Waals surface area contributed by atoms with E-state index >= 15 is 0 Å². The van der Waals surface area contributed by atoms with Gasteiger partial charge in [0.05, 0.1) is 65.6 Å². The highest BCUT2D eigenvalue weighted by Gasteiger charge is 2.26. The Balaban J connectivity index is 4.41. The van der Waals surface area contributed by atoms with E-state index in [0.717, 1.165) is 0 Å². The first-order chi connectivity index (χ1) is 25.6. The van der Waals surface area contributed by atoms with Crippen molar-refractivity contribution in [2.24, 2.45) is 11.5 Å². The summed E-state index contributed by atoms with van der Waals surface area (Å²) in [6.07, 6.45) is 1.000. The lowest BCUT2D eigenvalue weighted by molar-refractivity contribution is -0.142. The van der Waals surface area contributed by atoms with Crippen molar-refractivity contribution in [1.29, 1.82) is 0 Å². The van der Waals surface area contributed by atoms with Crippen molar-refractivity contribution >= 4 is 65.0 Å². The van der Waals surface area contributed by atoms with Gasteiger partial charge >= 0.3 is 5.97 Å². The van der Waals surface area contributed by atoms with Crippen molar-refractivity contribution in [1.82, 2.24) is 53.2 Å². The summed E-state index contributed by atoms with van der Waals surface area (Å²) in [5.41, 5.74) is 10.4.